The molecule has 0 bridgehead atoms. The molecule has 0 aliphatic carbocycles. The van der Waals surface area contributed by atoms with Gasteiger partial charge in [-0.1, -0.05) is 24.3 Å². The molecule has 5 heterocycles. The van der Waals surface area contributed by atoms with Gasteiger partial charge in [-0.3, -0.25) is 4.79 Å². The van der Waals surface area contributed by atoms with Crippen LogP contribution in [-0.2, 0) is 4.79 Å². The molecule has 202 valence electrons. The molecular weight excluding hydrogens is 494 g/mol. The molecule has 3 aromatic heterocycles. The van der Waals surface area contributed by atoms with E-state index in [2.05, 4.69) is 28.0 Å². The van der Waals surface area contributed by atoms with Crippen LogP contribution in [0.1, 0.15) is 49.2 Å². The predicted octanol–water partition coefficient (Wildman–Crippen LogP) is 3.39. The largest absolute Gasteiger partial charge is 0.424 e. The van der Waals surface area contributed by atoms with Crippen LogP contribution in [-0.4, -0.2) is 68.7 Å². The zero-order chi connectivity index (χ0) is 27.3. The third-order valence-corrected chi connectivity index (χ3v) is 8.21. The average Bonchev–Trinajstić information content (AvgIpc) is 3.30. The topological polar surface area (TPSA) is 123 Å². The number of aromatic nitrogens is 4. The molecule has 0 radical (unpaired) electrons. The number of carbonyl (C=O) groups is 1. The Hall–Kier alpha value is -4.05. The summed E-state index contributed by atoms with van der Waals surface area (Å²) in [4.78, 5) is 39.2. The Morgan fingerprint density at radius 3 is 2.59 bits per heavy atom. The van der Waals surface area contributed by atoms with Crippen molar-refractivity contribution in [3.63, 3.8) is 0 Å². The minimum absolute atomic E-state index is 0.0908. The number of nitrogens with two attached hydrogens (primary N) is 1. The molecule has 2 aliphatic rings. The van der Waals surface area contributed by atoms with Crippen LogP contribution in [0.4, 0.5) is 5.82 Å². The van der Waals surface area contributed by atoms with E-state index in [1.807, 2.05) is 36.9 Å². The van der Waals surface area contributed by atoms with Gasteiger partial charge >= 0.3 is 5.63 Å². The van der Waals surface area contributed by atoms with Crippen molar-refractivity contribution in [2.75, 3.05) is 39.0 Å². The first-order chi connectivity index (χ1) is 18.8. The van der Waals surface area contributed by atoms with Gasteiger partial charge < -0.3 is 20.0 Å². The minimum Gasteiger partial charge on any atom is -0.424 e. The van der Waals surface area contributed by atoms with Crippen molar-refractivity contribution in [1.82, 2.24) is 29.5 Å². The van der Waals surface area contributed by atoms with Gasteiger partial charge in [0.2, 0.25) is 5.91 Å². The molecule has 0 saturated carbocycles. The van der Waals surface area contributed by atoms with Gasteiger partial charge in [0.25, 0.3) is 0 Å². The summed E-state index contributed by atoms with van der Waals surface area (Å²) in [7, 11) is 2.10. The second-order valence-electron chi connectivity index (χ2n) is 10.7. The van der Waals surface area contributed by atoms with Gasteiger partial charge in [0.15, 0.2) is 5.65 Å². The minimum atomic E-state index is -0.442. The molecule has 1 saturated heterocycles. The van der Waals surface area contributed by atoms with E-state index in [1.165, 1.54) is 6.33 Å². The van der Waals surface area contributed by atoms with Crippen molar-refractivity contribution >= 4 is 39.1 Å². The highest BCUT2D eigenvalue weighted by atomic mass is 16.4. The number of hydrogen-bond donors (Lipinski definition) is 1. The van der Waals surface area contributed by atoms with Crippen molar-refractivity contribution < 1.29 is 9.21 Å². The molecule has 0 spiro atoms. The van der Waals surface area contributed by atoms with E-state index < -0.39 is 11.7 Å². The second kappa shape index (κ2) is 9.92. The van der Waals surface area contributed by atoms with Gasteiger partial charge in [-0.2, -0.15) is 5.10 Å². The molecule has 1 fully saturated rings. The van der Waals surface area contributed by atoms with E-state index in [4.69, 9.17) is 15.2 Å². The van der Waals surface area contributed by atoms with Gasteiger partial charge in [-0.15, -0.1) is 0 Å². The molecule has 39 heavy (non-hydrogen) atoms. The first kappa shape index (κ1) is 25.2. The zero-order valence-corrected chi connectivity index (χ0v) is 22.6. The summed E-state index contributed by atoms with van der Waals surface area (Å²) in [5.74, 6) is 1.21. The highest BCUT2D eigenvalue weighted by Crippen LogP contribution is 2.36. The predicted molar refractivity (Wildman–Crippen MR) is 150 cm³/mol. The van der Waals surface area contributed by atoms with E-state index in [0.29, 0.717) is 53.2 Å². The van der Waals surface area contributed by atoms with Gasteiger partial charge in [-0.05, 0) is 70.3 Å². The van der Waals surface area contributed by atoms with Gasteiger partial charge in [0.05, 0.1) is 16.5 Å². The van der Waals surface area contributed by atoms with E-state index >= 15 is 0 Å². The molecule has 1 atom stereocenters. The standard InChI is InChI=1S/C29H33N7O3/c1-17-23-26(30)31-16-32-27(23)36(33-17)18(2)25-24(21-6-4-5-7-22(21)29(38)39-25)19-10-14-35(15-11-19)28(37)20-8-12-34(3)13-9-20/h4-7,10,16,18,20H,8-9,11-15H2,1-3H3,(H2,30,31,32). The summed E-state index contributed by atoms with van der Waals surface area (Å²) >= 11 is 0. The molecule has 2 aliphatic heterocycles. The Bertz CT molecular complexity index is 1660. The number of likely N-dealkylation sites (tertiary alicyclic amines) is 1. The van der Waals surface area contributed by atoms with Crippen molar-refractivity contribution in [3.8, 4) is 0 Å². The highest BCUT2D eigenvalue weighted by Gasteiger charge is 2.31. The molecule has 1 aromatic carbocycles. The molecule has 6 rings (SSSR count). The fourth-order valence-corrected chi connectivity index (χ4v) is 6.00. The molecule has 2 N–H and O–H groups in total. The maximum atomic E-state index is 13.3. The molecule has 10 heteroatoms. The van der Waals surface area contributed by atoms with Crippen LogP contribution < -0.4 is 11.4 Å². The molecular formula is C29H33N7O3. The van der Waals surface area contributed by atoms with Crippen LogP contribution in [0.15, 0.2) is 45.9 Å². The summed E-state index contributed by atoms with van der Waals surface area (Å²) in [5, 5.41) is 6.76. The van der Waals surface area contributed by atoms with Crippen LogP contribution in [0.25, 0.3) is 27.4 Å². The fourth-order valence-electron chi connectivity index (χ4n) is 6.00. The van der Waals surface area contributed by atoms with Crippen molar-refractivity contribution in [2.45, 2.75) is 39.2 Å². The summed E-state index contributed by atoms with van der Waals surface area (Å²) in [6.07, 6.45) is 6.01. The number of nitrogen functional groups attached to an aromatic ring is 1. The fraction of sp³-hybridized carbons (Fsp3) is 0.414. The maximum Gasteiger partial charge on any atom is 0.343 e. The Labute approximate surface area is 226 Å². The number of hydrogen-bond acceptors (Lipinski definition) is 8. The first-order valence-corrected chi connectivity index (χ1v) is 13.5. The first-order valence-electron chi connectivity index (χ1n) is 13.5. The number of aryl methyl sites for hydroxylation is 1. The van der Waals surface area contributed by atoms with Crippen LogP contribution in [0.3, 0.4) is 0 Å². The van der Waals surface area contributed by atoms with Crippen LogP contribution in [0, 0.1) is 12.8 Å². The number of benzene rings is 1. The Morgan fingerprint density at radius 1 is 1.13 bits per heavy atom. The number of fused-ring (bicyclic) bond motifs is 2. The Morgan fingerprint density at radius 2 is 1.87 bits per heavy atom. The van der Waals surface area contributed by atoms with E-state index in [-0.39, 0.29) is 11.8 Å². The van der Waals surface area contributed by atoms with Crippen molar-refractivity contribution in [2.24, 2.45) is 5.92 Å². The maximum absolute atomic E-state index is 13.3. The van der Waals surface area contributed by atoms with Gasteiger partial charge in [0, 0.05) is 24.6 Å². The van der Waals surface area contributed by atoms with Crippen LogP contribution in [0.5, 0.6) is 0 Å². The van der Waals surface area contributed by atoms with Crippen molar-refractivity contribution in [3.05, 3.63) is 64.1 Å². The molecule has 1 amide bonds. The van der Waals surface area contributed by atoms with E-state index in [0.717, 1.165) is 42.5 Å². The number of amides is 1. The monoisotopic (exact) mass is 527 g/mol. The van der Waals surface area contributed by atoms with E-state index in [9.17, 15) is 9.59 Å². The molecule has 1 unspecified atom stereocenters. The summed E-state index contributed by atoms with van der Waals surface area (Å²) in [6, 6.07) is 7.08. The highest BCUT2D eigenvalue weighted by molar-refractivity contribution is 5.95. The third kappa shape index (κ3) is 4.38. The number of carbonyl (C=O) groups excluding carboxylic acids is 1. The van der Waals surface area contributed by atoms with Crippen LogP contribution in [0.2, 0.25) is 0 Å². The SMILES string of the molecule is Cc1nn(C(C)c2oc(=O)c3ccccc3c2C2=CCN(C(=O)C3CCN(C)CC3)CC2)c2ncnc(N)c12. The normalized spacial score (nSPS) is 18.0. The second-order valence-corrected chi connectivity index (χ2v) is 10.7. The lowest BCUT2D eigenvalue weighted by molar-refractivity contribution is -0.136. The zero-order valence-electron chi connectivity index (χ0n) is 22.6. The quantitative estimate of drug-likeness (QED) is 0.428. The van der Waals surface area contributed by atoms with Gasteiger partial charge in [-0.25, -0.2) is 19.4 Å². The molecule has 4 aromatic rings. The average molecular weight is 528 g/mol. The lowest BCUT2D eigenvalue weighted by Gasteiger charge is -2.34. The van der Waals surface area contributed by atoms with Gasteiger partial charge in [0.1, 0.15) is 23.9 Å². The Kier molecular flexibility index (Phi) is 6.42. The summed E-state index contributed by atoms with van der Waals surface area (Å²) in [5.41, 5.74) is 8.97. The van der Waals surface area contributed by atoms with E-state index in [1.54, 1.807) is 10.7 Å². The lowest BCUT2D eigenvalue weighted by atomic mass is 9.91. The third-order valence-electron chi connectivity index (χ3n) is 8.21. The van der Waals surface area contributed by atoms with Crippen LogP contribution >= 0.6 is 0 Å². The number of rotatable bonds is 4. The Balaban J connectivity index is 1.41. The number of piperidine rings is 1. The summed E-state index contributed by atoms with van der Waals surface area (Å²) < 4.78 is 7.79. The lowest BCUT2D eigenvalue weighted by Crippen LogP contribution is -2.43. The number of nitrogens with zero attached hydrogens (tertiary/aromatic N) is 6. The number of anilines is 1. The molecule has 10 nitrogen and oxygen atoms in total. The van der Waals surface area contributed by atoms with Crippen molar-refractivity contribution in [1.29, 1.82) is 0 Å². The smallest absolute Gasteiger partial charge is 0.343 e. The summed E-state index contributed by atoms with van der Waals surface area (Å²) in [6.45, 7) is 6.89.